The van der Waals surface area contributed by atoms with Gasteiger partial charge in [-0.15, -0.1) is 0 Å². The van der Waals surface area contributed by atoms with Gasteiger partial charge < -0.3 is 18.9 Å². The minimum absolute atomic E-state index is 0.0945. The summed E-state index contributed by atoms with van der Waals surface area (Å²) in [5.41, 5.74) is 1.91. The van der Waals surface area contributed by atoms with Crippen molar-refractivity contribution in [3.8, 4) is 11.5 Å². The standard InChI is InChI=1S/C19H23O6P/c1-4-25-17-8-5-14(6-9-17)11-16-12-15(7-10-18(16)20)19(21)13-26(22,23-2)24-3/h5-10,12,20H,4,11,13H2,1-3H3. The first kappa shape index (κ1) is 20.2. The minimum atomic E-state index is -3.43. The minimum Gasteiger partial charge on any atom is -0.508 e. The molecular weight excluding hydrogens is 355 g/mol. The second kappa shape index (κ2) is 8.99. The molecule has 0 amide bonds. The highest BCUT2D eigenvalue weighted by Crippen LogP contribution is 2.46. The van der Waals surface area contributed by atoms with Gasteiger partial charge in [0.1, 0.15) is 17.7 Å². The van der Waals surface area contributed by atoms with E-state index in [0.717, 1.165) is 11.3 Å². The number of phenols is 1. The summed E-state index contributed by atoms with van der Waals surface area (Å²) in [4.78, 5) is 12.4. The van der Waals surface area contributed by atoms with Crippen molar-refractivity contribution in [1.82, 2.24) is 0 Å². The third-order valence-electron chi connectivity index (χ3n) is 3.92. The third-order valence-corrected chi connectivity index (χ3v) is 5.71. The summed E-state index contributed by atoms with van der Waals surface area (Å²) < 4.78 is 27.2. The first-order chi connectivity index (χ1) is 12.4. The Hall–Kier alpha value is -2.14. The molecule has 0 heterocycles. The number of carbonyl (C=O) groups is 1. The molecule has 0 fully saturated rings. The Kier molecular flexibility index (Phi) is 6.98. The zero-order chi connectivity index (χ0) is 19.2. The maximum atomic E-state index is 12.4. The van der Waals surface area contributed by atoms with Crippen LogP contribution in [0.3, 0.4) is 0 Å². The van der Waals surface area contributed by atoms with Gasteiger partial charge in [0.25, 0.3) is 0 Å². The summed E-state index contributed by atoms with van der Waals surface area (Å²) in [5, 5.41) is 10.1. The monoisotopic (exact) mass is 378 g/mol. The van der Waals surface area contributed by atoms with Crippen LogP contribution in [0.5, 0.6) is 11.5 Å². The molecule has 0 spiro atoms. The summed E-state index contributed by atoms with van der Waals surface area (Å²) in [6.45, 7) is 2.51. The number of ketones is 1. The fraction of sp³-hybridized carbons (Fsp3) is 0.316. The van der Waals surface area contributed by atoms with Crippen molar-refractivity contribution >= 4 is 13.4 Å². The zero-order valence-electron chi connectivity index (χ0n) is 15.1. The SMILES string of the molecule is CCOc1ccc(Cc2cc(C(=O)CP(=O)(OC)OC)ccc2O)cc1. The van der Waals surface area contributed by atoms with Gasteiger partial charge in [-0.1, -0.05) is 12.1 Å². The maximum Gasteiger partial charge on any atom is 0.337 e. The quantitative estimate of drug-likeness (QED) is 0.524. The fourth-order valence-corrected chi connectivity index (χ4v) is 3.40. The smallest absolute Gasteiger partial charge is 0.337 e. The number of hydrogen-bond donors (Lipinski definition) is 1. The molecule has 2 aromatic rings. The molecule has 0 saturated heterocycles. The molecule has 0 atom stereocenters. The van der Waals surface area contributed by atoms with Crippen LogP contribution in [0.25, 0.3) is 0 Å². The fourth-order valence-electron chi connectivity index (χ4n) is 2.46. The van der Waals surface area contributed by atoms with Gasteiger partial charge in [-0.3, -0.25) is 9.36 Å². The Morgan fingerprint density at radius 2 is 1.73 bits per heavy atom. The molecule has 26 heavy (non-hydrogen) atoms. The molecule has 0 aromatic heterocycles. The molecular formula is C19H23O6P. The largest absolute Gasteiger partial charge is 0.508 e. The van der Waals surface area contributed by atoms with Crippen molar-refractivity contribution in [2.45, 2.75) is 13.3 Å². The molecule has 0 aliphatic rings. The van der Waals surface area contributed by atoms with Gasteiger partial charge in [-0.25, -0.2) is 0 Å². The van der Waals surface area contributed by atoms with Crippen LogP contribution in [0.4, 0.5) is 0 Å². The Balaban J connectivity index is 2.18. The lowest BCUT2D eigenvalue weighted by atomic mass is 10.0. The number of carbonyl (C=O) groups excluding carboxylic acids is 1. The van der Waals surface area contributed by atoms with E-state index in [1.165, 1.54) is 26.4 Å². The second-order valence-electron chi connectivity index (χ2n) is 5.65. The van der Waals surface area contributed by atoms with Crippen LogP contribution in [0.2, 0.25) is 0 Å². The first-order valence-electron chi connectivity index (χ1n) is 8.18. The molecule has 2 aromatic carbocycles. The number of rotatable bonds is 9. The van der Waals surface area contributed by atoms with E-state index in [1.807, 2.05) is 31.2 Å². The summed E-state index contributed by atoms with van der Waals surface area (Å²) in [6.07, 6.45) is 0.0961. The van der Waals surface area contributed by atoms with Crippen LogP contribution >= 0.6 is 7.60 Å². The highest BCUT2D eigenvalue weighted by Gasteiger charge is 2.26. The van der Waals surface area contributed by atoms with E-state index in [-0.39, 0.29) is 17.7 Å². The maximum absolute atomic E-state index is 12.4. The normalized spacial score (nSPS) is 11.3. The first-order valence-corrected chi connectivity index (χ1v) is 9.91. The molecule has 7 heteroatoms. The van der Waals surface area contributed by atoms with Crippen LogP contribution in [0.15, 0.2) is 42.5 Å². The van der Waals surface area contributed by atoms with Crippen LogP contribution in [0.1, 0.15) is 28.4 Å². The van der Waals surface area contributed by atoms with Gasteiger partial charge in [-0.05, 0) is 48.4 Å². The second-order valence-corrected chi connectivity index (χ2v) is 7.92. The number of Topliss-reactive ketones (excluding diaryl/α,β-unsaturated/α-hetero) is 1. The summed E-state index contributed by atoms with van der Waals surface area (Å²) >= 11 is 0. The van der Waals surface area contributed by atoms with Gasteiger partial charge in [0, 0.05) is 26.2 Å². The van der Waals surface area contributed by atoms with Gasteiger partial charge in [0.2, 0.25) is 0 Å². The lowest BCUT2D eigenvalue weighted by Crippen LogP contribution is -2.09. The number of hydrogen-bond acceptors (Lipinski definition) is 6. The molecule has 0 bridgehead atoms. The van der Waals surface area contributed by atoms with E-state index in [9.17, 15) is 14.5 Å². The molecule has 0 unspecified atom stereocenters. The van der Waals surface area contributed by atoms with Crippen LogP contribution < -0.4 is 4.74 Å². The number of phenolic OH excluding ortho intramolecular Hbond substituents is 1. The number of aromatic hydroxyl groups is 1. The summed E-state index contributed by atoms with van der Waals surface area (Å²) in [5.74, 6) is 0.501. The predicted molar refractivity (Wildman–Crippen MR) is 99.3 cm³/mol. The highest BCUT2D eigenvalue weighted by molar-refractivity contribution is 7.54. The van der Waals surface area contributed by atoms with Gasteiger partial charge in [0.05, 0.1) is 6.61 Å². The van der Waals surface area contributed by atoms with Crippen molar-refractivity contribution in [1.29, 1.82) is 0 Å². The van der Waals surface area contributed by atoms with Gasteiger partial charge in [-0.2, -0.15) is 0 Å². The average molecular weight is 378 g/mol. The Bertz CT molecular complexity index is 792. The van der Waals surface area contributed by atoms with Crippen molar-refractivity contribution in [3.63, 3.8) is 0 Å². The molecule has 0 aliphatic carbocycles. The van der Waals surface area contributed by atoms with E-state index in [4.69, 9.17) is 13.8 Å². The highest BCUT2D eigenvalue weighted by atomic mass is 31.2. The lowest BCUT2D eigenvalue weighted by molar-refractivity contribution is 0.101. The van der Waals surface area contributed by atoms with Crippen molar-refractivity contribution in [2.24, 2.45) is 0 Å². The third kappa shape index (κ3) is 5.18. The van der Waals surface area contributed by atoms with Crippen molar-refractivity contribution < 1.29 is 28.3 Å². The Labute approximate surface area is 153 Å². The Morgan fingerprint density at radius 3 is 2.31 bits per heavy atom. The molecule has 1 N–H and O–H groups in total. The van der Waals surface area contributed by atoms with E-state index in [2.05, 4.69) is 0 Å². The van der Waals surface area contributed by atoms with E-state index >= 15 is 0 Å². The van der Waals surface area contributed by atoms with Crippen LogP contribution in [-0.2, 0) is 20.0 Å². The topological polar surface area (TPSA) is 82.1 Å². The lowest BCUT2D eigenvalue weighted by Gasteiger charge is -2.13. The summed E-state index contributed by atoms with van der Waals surface area (Å²) in [6, 6.07) is 12.1. The van der Waals surface area contributed by atoms with Crippen LogP contribution in [0, 0.1) is 0 Å². The van der Waals surface area contributed by atoms with Gasteiger partial charge >= 0.3 is 7.60 Å². The molecule has 0 radical (unpaired) electrons. The van der Waals surface area contributed by atoms with Crippen molar-refractivity contribution in [3.05, 3.63) is 59.2 Å². The molecule has 0 aliphatic heterocycles. The van der Waals surface area contributed by atoms with Crippen molar-refractivity contribution in [2.75, 3.05) is 27.0 Å². The molecule has 140 valence electrons. The van der Waals surface area contributed by atoms with E-state index in [0.29, 0.717) is 24.2 Å². The number of ether oxygens (including phenoxy) is 1. The van der Waals surface area contributed by atoms with E-state index < -0.39 is 7.60 Å². The Morgan fingerprint density at radius 1 is 1.08 bits per heavy atom. The average Bonchev–Trinajstić information content (AvgIpc) is 2.65. The van der Waals surface area contributed by atoms with Crippen LogP contribution in [-0.4, -0.2) is 37.9 Å². The van der Waals surface area contributed by atoms with Gasteiger partial charge in [0.15, 0.2) is 5.78 Å². The summed E-state index contributed by atoms with van der Waals surface area (Å²) in [7, 11) is -0.951. The predicted octanol–water partition coefficient (Wildman–Crippen LogP) is 4.05. The number of benzene rings is 2. The molecule has 0 saturated carbocycles. The zero-order valence-corrected chi connectivity index (χ0v) is 16.0. The molecule has 2 rings (SSSR count). The van der Waals surface area contributed by atoms with E-state index in [1.54, 1.807) is 6.07 Å². The molecule has 6 nitrogen and oxygen atoms in total.